The minimum Gasteiger partial charge on any atom is -0.462 e. The molecule has 0 aromatic carbocycles. The zero-order valence-electron chi connectivity index (χ0n) is 8.56. The van der Waals surface area contributed by atoms with Gasteiger partial charge in [0.15, 0.2) is 0 Å². The molecule has 0 atom stereocenters. The third-order valence-electron chi connectivity index (χ3n) is 1.80. The molecule has 0 aliphatic rings. The highest BCUT2D eigenvalue weighted by Crippen LogP contribution is 2.02. The third-order valence-corrected chi connectivity index (χ3v) is 1.80. The largest absolute Gasteiger partial charge is 0.462 e. The summed E-state index contributed by atoms with van der Waals surface area (Å²) in [4.78, 5) is 11.3. The molecule has 0 saturated heterocycles. The van der Waals surface area contributed by atoms with E-state index in [2.05, 4.69) is 0 Å². The number of rotatable bonds is 4. The molecule has 4 nitrogen and oxygen atoms in total. The van der Waals surface area contributed by atoms with E-state index in [4.69, 9.17) is 10.5 Å². The summed E-state index contributed by atoms with van der Waals surface area (Å²) >= 11 is 0. The van der Waals surface area contributed by atoms with Gasteiger partial charge in [-0.3, -0.25) is 4.79 Å². The van der Waals surface area contributed by atoms with Crippen LogP contribution in [0.3, 0.4) is 0 Å². The first-order chi connectivity index (χ1) is 6.63. The van der Waals surface area contributed by atoms with Crippen molar-refractivity contribution in [1.29, 1.82) is 0 Å². The van der Waals surface area contributed by atoms with Crippen molar-refractivity contribution in [2.24, 2.45) is 5.73 Å². The minimum absolute atomic E-state index is 0.0700. The zero-order chi connectivity index (χ0) is 10.6. The molecule has 0 fully saturated rings. The zero-order valence-corrected chi connectivity index (χ0v) is 8.56. The van der Waals surface area contributed by atoms with Crippen LogP contribution in [0.4, 0.5) is 0 Å². The first-order valence-electron chi connectivity index (χ1n) is 4.67. The average molecular weight is 196 g/mol. The lowest BCUT2D eigenvalue weighted by Crippen LogP contribution is -2.19. The number of hydrogen-bond acceptors (Lipinski definition) is 3. The lowest BCUT2D eigenvalue weighted by atomic mass is 10.4. The molecular weight excluding hydrogens is 180 g/mol. The second-order valence-electron chi connectivity index (χ2n) is 3.37. The highest BCUT2D eigenvalue weighted by atomic mass is 16.5. The van der Waals surface area contributed by atoms with E-state index < -0.39 is 0 Å². The van der Waals surface area contributed by atoms with Crippen molar-refractivity contribution in [2.75, 3.05) is 0 Å². The normalized spacial score (nSPS) is 10.6. The van der Waals surface area contributed by atoms with Crippen LogP contribution in [0.15, 0.2) is 18.3 Å². The van der Waals surface area contributed by atoms with E-state index in [0.717, 1.165) is 5.69 Å². The summed E-state index contributed by atoms with van der Waals surface area (Å²) in [5.41, 5.74) is 6.43. The Bertz CT molecular complexity index is 305. The van der Waals surface area contributed by atoms with Crippen LogP contribution >= 0.6 is 0 Å². The molecule has 0 aliphatic heterocycles. The van der Waals surface area contributed by atoms with E-state index in [1.807, 2.05) is 32.2 Å². The van der Waals surface area contributed by atoms with E-state index in [-0.39, 0.29) is 18.6 Å². The van der Waals surface area contributed by atoms with E-state index in [1.54, 1.807) is 4.57 Å². The second kappa shape index (κ2) is 4.81. The molecule has 0 spiro atoms. The number of nitrogens with zero attached hydrogens (tertiary/aromatic N) is 1. The van der Waals surface area contributed by atoms with Crippen LogP contribution in [0, 0.1) is 0 Å². The molecular formula is C10H16N2O2. The molecule has 0 aliphatic carbocycles. The molecule has 1 aromatic rings. The molecule has 1 heterocycles. The first kappa shape index (κ1) is 10.8. The van der Waals surface area contributed by atoms with Crippen molar-refractivity contribution in [2.45, 2.75) is 33.0 Å². The van der Waals surface area contributed by atoms with Crippen LogP contribution < -0.4 is 5.73 Å². The Morgan fingerprint density at radius 2 is 2.36 bits per heavy atom. The van der Waals surface area contributed by atoms with Gasteiger partial charge in [-0.05, 0) is 26.0 Å². The van der Waals surface area contributed by atoms with Crippen molar-refractivity contribution >= 4 is 5.97 Å². The molecule has 0 bridgehead atoms. The number of hydrogen-bond donors (Lipinski definition) is 1. The van der Waals surface area contributed by atoms with Gasteiger partial charge in [-0.15, -0.1) is 0 Å². The molecule has 0 amide bonds. The van der Waals surface area contributed by atoms with Crippen molar-refractivity contribution in [3.05, 3.63) is 24.0 Å². The van der Waals surface area contributed by atoms with Crippen molar-refractivity contribution < 1.29 is 9.53 Å². The van der Waals surface area contributed by atoms with Crippen molar-refractivity contribution in [1.82, 2.24) is 4.57 Å². The predicted octanol–water partition coefficient (Wildman–Crippen LogP) is 0.898. The predicted molar refractivity (Wildman–Crippen MR) is 53.6 cm³/mol. The van der Waals surface area contributed by atoms with Crippen LogP contribution in [0.5, 0.6) is 0 Å². The summed E-state index contributed by atoms with van der Waals surface area (Å²) in [6.45, 7) is 4.33. The smallest absolute Gasteiger partial charge is 0.326 e. The van der Waals surface area contributed by atoms with E-state index in [1.165, 1.54) is 0 Å². The summed E-state index contributed by atoms with van der Waals surface area (Å²) in [5, 5.41) is 0. The lowest BCUT2D eigenvalue weighted by molar-refractivity contribution is -0.148. The first-order valence-corrected chi connectivity index (χ1v) is 4.67. The lowest BCUT2D eigenvalue weighted by Gasteiger charge is -2.10. The summed E-state index contributed by atoms with van der Waals surface area (Å²) in [5.74, 6) is -0.231. The fourth-order valence-corrected chi connectivity index (χ4v) is 1.23. The minimum atomic E-state index is -0.231. The van der Waals surface area contributed by atoms with Gasteiger partial charge in [-0.1, -0.05) is 0 Å². The second-order valence-corrected chi connectivity index (χ2v) is 3.37. The number of ether oxygens (including phenoxy) is 1. The Balaban J connectivity index is 2.55. The molecule has 0 radical (unpaired) electrons. The van der Waals surface area contributed by atoms with E-state index >= 15 is 0 Å². The molecule has 1 rings (SSSR count). The van der Waals surface area contributed by atoms with Crippen LogP contribution in [-0.2, 0) is 22.6 Å². The molecule has 14 heavy (non-hydrogen) atoms. The maximum Gasteiger partial charge on any atom is 0.326 e. The highest BCUT2D eigenvalue weighted by molar-refractivity contribution is 5.69. The standard InChI is InChI=1S/C10H16N2O2/c1-8(2)14-10(13)7-12-5-3-4-9(12)6-11/h3-5,8H,6-7,11H2,1-2H3. The van der Waals surface area contributed by atoms with Crippen molar-refractivity contribution in [3.8, 4) is 0 Å². The van der Waals surface area contributed by atoms with Gasteiger partial charge in [-0.2, -0.15) is 0 Å². The Morgan fingerprint density at radius 3 is 2.93 bits per heavy atom. The van der Waals surface area contributed by atoms with E-state index in [0.29, 0.717) is 6.54 Å². The quantitative estimate of drug-likeness (QED) is 0.728. The Hall–Kier alpha value is -1.29. The summed E-state index contributed by atoms with van der Waals surface area (Å²) in [6.07, 6.45) is 1.75. The molecule has 0 unspecified atom stereocenters. The SMILES string of the molecule is CC(C)OC(=O)Cn1cccc1CN. The van der Waals surface area contributed by atoms with Gasteiger partial charge in [0.2, 0.25) is 0 Å². The van der Waals surface area contributed by atoms with Gasteiger partial charge in [-0.25, -0.2) is 0 Å². The Kier molecular flexibility index (Phi) is 3.71. The number of carbonyl (C=O) groups is 1. The molecule has 1 aromatic heterocycles. The maximum absolute atomic E-state index is 11.3. The van der Waals surface area contributed by atoms with Crippen LogP contribution in [0.25, 0.3) is 0 Å². The van der Waals surface area contributed by atoms with E-state index in [9.17, 15) is 4.79 Å². The summed E-state index contributed by atoms with van der Waals surface area (Å²) < 4.78 is 6.82. The van der Waals surface area contributed by atoms with Crippen molar-refractivity contribution in [3.63, 3.8) is 0 Å². The fraction of sp³-hybridized carbons (Fsp3) is 0.500. The van der Waals surface area contributed by atoms with Gasteiger partial charge in [0.25, 0.3) is 0 Å². The molecule has 78 valence electrons. The Labute approximate surface area is 83.7 Å². The molecule has 0 saturated carbocycles. The van der Waals surface area contributed by atoms with Gasteiger partial charge < -0.3 is 15.0 Å². The average Bonchev–Trinajstić information content (AvgIpc) is 2.50. The molecule has 2 N–H and O–H groups in total. The van der Waals surface area contributed by atoms with Gasteiger partial charge in [0.1, 0.15) is 6.54 Å². The maximum atomic E-state index is 11.3. The van der Waals surface area contributed by atoms with Gasteiger partial charge in [0, 0.05) is 18.4 Å². The fourth-order valence-electron chi connectivity index (χ4n) is 1.23. The number of carbonyl (C=O) groups excluding carboxylic acids is 1. The number of esters is 1. The molecule has 4 heteroatoms. The summed E-state index contributed by atoms with van der Waals surface area (Å²) in [6, 6.07) is 3.76. The number of aromatic nitrogens is 1. The topological polar surface area (TPSA) is 57.2 Å². The highest BCUT2D eigenvalue weighted by Gasteiger charge is 2.07. The van der Waals surface area contributed by atoms with Gasteiger partial charge >= 0.3 is 5.97 Å². The van der Waals surface area contributed by atoms with Crippen LogP contribution in [0.2, 0.25) is 0 Å². The number of nitrogens with two attached hydrogens (primary N) is 1. The summed E-state index contributed by atoms with van der Waals surface area (Å²) in [7, 11) is 0. The monoisotopic (exact) mass is 196 g/mol. The third kappa shape index (κ3) is 2.88. The van der Waals surface area contributed by atoms with Crippen LogP contribution in [-0.4, -0.2) is 16.6 Å². The van der Waals surface area contributed by atoms with Gasteiger partial charge in [0.05, 0.1) is 6.10 Å². The van der Waals surface area contributed by atoms with Crippen LogP contribution in [0.1, 0.15) is 19.5 Å². The Morgan fingerprint density at radius 1 is 1.64 bits per heavy atom.